The molecule has 5 nitrogen and oxygen atoms in total. The van der Waals surface area contributed by atoms with Gasteiger partial charge in [0, 0.05) is 18.6 Å². The molecule has 1 aromatic carbocycles. The quantitative estimate of drug-likeness (QED) is 0.533. The van der Waals surface area contributed by atoms with E-state index >= 15 is 0 Å². The van der Waals surface area contributed by atoms with Crippen LogP contribution in [0.5, 0.6) is 0 Å². The fourth-order valence-electron chi connectivity index (χ4n) is 2.32. The molecular weight excluding hydrogens is 364 g/mol. The number of hydrogen-bond acceptors (Lipinski definition) is 6. The van der Waals surface area contributed by atoms with Gasteiger partial charge in [0.15, 0.2) is 4.34 Å². The highest BCUT2D eigenvalue weighted by Gasteiger charge is 2.30. The molecule has 0 aliphatic carbocycles. The van der Waals surface area contributed by atoms with E-state index in [1.54, 1.807) is 6.08 Å². The number of aromatic nitrogens is 2. The Bertz CT molecular complexity index is 725. The second-order valence-corrected chi connectivity index (χ2v) is 9.45. The van der Waals surface area contributed by atoms with Gasteiger partial charge < -0.3 is 10.2 Å². The Hall–Kier alpha value is -1.86. The smallest absolute Gasteiger partial charge is 0.236 e. The molecule has 2 rings (SSSR count). The molecule has 0 saturated carbocycles. The number of carbonyl (C=O) groups is 1. The van der Waals surface area contributed by atoms with Crippen molar-refractivity contribution in [2.75, 3.05) is 11.9 Å². The molecule has 0 spiro atoms. The topological polar surface area (TPSA) is 58.1 Å². The minimum absolute atomic E-state index is 0.0992. The predicted molar refractivity (Wildman–Crippen MR) is 111 cm³/mol. The molecule has 0 fully saturated rings. The van der Waals surface area contributed by atoms with E-state index in [0.717, 1.165) is 15.0 Å². The van der Waals surface area contributed by atoms with Crippen molar-refractivity contribution in [3.05, 3.63) is 48.6 Å². The van der Waals surface area contributed by atoms with E-state index in [2.05, 4.69) is 42.9 Å². The predicted octanol–water partition coefficient (Wildman–Crippen LogP) is 4.44. The maximum absolute atomic E-state index is 13.1. The Labute approximate surface area is 163 Å². The van der Waals surface area contributed by atoms with Crippen LogP contribution in [0.4, 0.5) is 5.13 Å². The zero-order valence-corrected chi connectivity index (χ0v) is 17.4. The standard InChI is InChI=1S/C19H26N4OS2/c1-6-12-20-17-21-22-18(26-17)25-14(2)16(24)23(19(3,4)5)13-15-10-8-7-9-11-15/h6-11,14H,1,12-13H2,2-5H3,(H,20,21)/t14-/m0/s1. The second kappa shape index (κ2) is 9.19. The van der Waals surface area contributed by atoms with Crippen molar-refractivity contribution in [3.63, 3.8) is 0 Å². The molecule has 1 heterocycles. The molecule has 1 amide bonds. The molecule has 7 heteroatoms. The fraction of sp³-hybridized carbons (Fsp3) is 0.421. The molecule has 0 aliphatic rings. The molecular formula is C19H26N4OS2. The van der Waals surface area contributed by atoms with Crippen LogP contribution in [0.1, 0.15) is 33.3 Å². The van der Waals surface area contributed by atoms with Crippen LogP contribution in [0.15, 0.2) is 47.3 Å². The molecule has 0 bridgehead atoms. The molecule has 0 saturated heterocycles. The number of carbonyl (C=O) groups excluding carboxylic acids is 1. The van der Waals surface area contributed by atoms with Crippen LogP contribution in [-0.2, 0) is 11.3 Å². The van der Waals surface area contributed by atoms with Crippen LogP contribution in [0.2, 0.25) is 0 Å². The first kappa shape index (κ1) is 20.5. The second-order valence-electron chi connectivity index (χ2n) is 6.88. The maximum atomic E-state index is 13.1. The van der Waals surface area contributed by atoms with Crippen molar-refractivity contribution in [2.24, 2.45) is 0 Å². The lowest BCUT2D eigenvalue weighted by Crippen LogP contribution is -2.48. The first-order valence-electron chi connectivity index (χ1n) is 8.51. The molecule has 26 heavy (non-hydrogen) atoms. The SMILES string of the molecule is C=CCNc1nnc(S[C@@H](C)C(=O)N(Cc2ccccc2)C(C)(C)C)s1. The van der Waals surface area contributed by atoms with Crippen molar-refractivity contribution in [2.45, 2.75) is 49.4 Å². The zero-order valence-electron chi connectivity index (χ0n) is 15.7. The minimum atomic E-state index is -0.264. The first-order valence-corrected chi connectivity index (χ1v) is 10.2. The molecule has 0 aliphatic heterocycles. The Morgan fingerprint density at radius 2 is 2.04 bits per heavy atom. The van der Waals surface area contributed by atoms with Crippen molar-refractivity contribution < 1.29 is 4.79 Å². The Balaban J connectivity index is 2.07. The van der Waals surface area contributed by atoms with Gasteiger partial charge in [-0.05, 0) is 33.3 Å². The van der Waals surface area contributed by atoms with E-state index in [0.29, 0.717) is 13.1 Å². The summed E-state index contributed by atoms with van der Waals surface area (Å²) in [5, 5.41) is 11.9. The van der Waals surface area contributed by atoms with Crippen LogP contribution in [0.25, 0.3) is 0 Å². The average molecular weight is 391 g/mol. The van der Waals surface area contributed by atoms with Crippen molar-refractivity contribution in [3.8, 4) is 0 Å². The van der Waals surface area contributed by atoms with Gasteiger partial charge in [0.1, 0.15) is 0 Å². The Morgan fingerprint density at radius 1 is 1.35 bits per heavy atom. The largest absolute Gasteiger partial charge is 0.357 e. The van der Waals surface area contributed by atoms with Gasteiger partial charge in [0.2, 0.25) is 11.0 Å². The van der Waals surface area contributed by atoms with Crippen molar-refractivity contribution in [1.29, 1.82) is 0 Å². The first-order chi connectivity index (χ1) is 12.3. The molecule has 1 N–H and O–H groups in total. The highest BCUT2D eigenvalue weighted by atomic mass is 32.2. The zero-order chi connectivity index (χ0) is 19.2. The van der Waals surface area contributed by atoms with Crippen LogP contribution < -0.4 is 5.32 Å². The summed E-state index contributed by atoms with van der Waals surface area (Å²) in [5.41, 5.74) is 0.860. The van der Waals surface area contributed by atoms with E-state index in [9.17, 15) is 4.79 Å². The normalized spacial score (nSPS) is 12.5. The summed E-state index contributed by atoms with van der Waals surface area (Å²) in [4.78, 5) is 15.0. The number of thioether (sulfide) groups is 1. The maximum Gasteiger partial charge on any atom is 0.236 e. The van der Waals surface area contributed by atoms with E-state index < -0.39 is 0 Å². The number of benzene rings is 1. The van der Waals surface area contributed by atoms with Gasteiger partial charge in [0.25, 0.3) is 0 Å². The third-order valence-corrected chi connectivity index (χ3v) is 5.74. The molecule has 0 radical (unpaired) electrons. The molecule has 140 valence electrons. The molecule has 1 atom stereocenters. The summed E-state index contributed by atoms with van der Waals surface area (Å²) in [6, 6.07) is 10.1. The molecule has 2 aromatic rings. The van der Waals surface area contributed by atoms with E-state index in [1.807, 2.05) is 42.2 Å². The summed E-state index contributed by atoms with van der Waals surface area (Å²) in [6.45, 7) is 13.0. The van der Waals surface area contributed by atoms with Gasteiger partial charge in [0.05, 0.1) is 5.25 Å². The van der Waals surface area contributed by atoms with Crippen LogP contribution in [0, 0.1) is 0 Å². The lowest BCUT2D eigenvalue weighted by Gasteiger charge is -2.37. The summed E-state index contributed by atoms with van der Waals surface area (Å²) in [6.07, 6.45) is 1.77. The van der Waals surface area contributed by atoms with Gasteiger partial charge >= 0.3 is 0 Å². The number of nitrogens with zero attached hydrogens (tertiary/aromatic N) is 3. The number of rotatable bonds is 8. The van der Waals surface area contributed by atoms with Crippen LogP contribution >= 0.6 is 23.1 Å². The molecule has 0 unspecified atom stereocenters. The van der Waals surface area contributed by atoms with Crippen LogP contribution in [-0.4, -0.2) is 38.3 Å². The summed E-state index contributed by atoms with van der Waals surface area (Å²) >= 11 is 2.90. The van der Waals surface area contributed by atoms with Gasteiger partial charge in [-0.3, -0.25) is 4.79 Å². The highest BCUT2D eigenvalue weighted by molar-refractivity contribution is 8.02. The summed E-state index contributed by atoms with van der Waals surface area (Å²) in [5.74, 6) is 0.0992. The van der Waals surface area contributed by atoms with E-state index in [4.69, 9.17) is 0 Å². The lowest BCUT2D eigenvalue weighted by atomic mass is 10.0. The van der Waals surface area contributed by atoms with Gasteiger partial charge in [-0.15, -0.1) is 16.8 Å². The van der Waals surface area contributed by atoms with Crippen LogP contribution in [0.3, 0.4) is 0 Å². The van der Waals surface area contributed by atoms with Gasteiger partial charge in [-0.2, -0.15) is 0 Å². The molecule has 1 aromatic heterocycles. The summed E-state index contributed by atoms with van der Waals surface area (Å²) < 4.78 is 0.783. The number of amides is 1. The average Bonchev–Trinajstić information content (AvgIpc) is 3.04. The third-order valence-electron chi connectivity index (χ3n) is 3.69. The van der Waals surface area contributed by atoms with Gasteiger partial charge in [-0.1, -0.05) is 59.5 Å². The Kier molecular flexibility index (Phi) is 7.23. The Morgan fingerprint density at radius 3 is 2.65 bits per heavy atom. The number of nitrogens with one attached hydrogen (secondary N) is 1. The minimum Gasteiger partial charge on any atom is -0.357 e. The number of hydrogen-bond donors (Lipinski definition) is 1. The lowest BCUT2D eigenvalue weighted by molar-refractivity contribution is -0.135. The van der Waals surface area contributed by atoms with E-state index in [1.165, 1.54) is 23.1 Å². The monoisotopic (exact) mass is 390 g/mol. The fourth-order valence-corrected chi connectivity index (χ4v) is 4.29. The summed E-state index contributed by atoms with van der Waals surface area (Å²) in [7, 11) is 0. The number of anilines is 1. The van der Waals surface area contributed by atoms with E-state index in [-0.39, 0.29) is 16.7 Å². The van der Waals surface area contributed by atoms with Crippen molar-refractivity contribution >= 4 is 34.1 Å². The van der Waals surface area contributed by atoms with Gasteiger partial charge in [-0.25, -0.2) is 0 Å². The third kappa shape index (κ3) is 5.85. The highest BCUT2D eigenvalue weighted by Crippen LogP contribution is 2.31. The van der Waals surface area contributed by atoms with Crippen molar-refractivity contribution in [1.82, 2.24) is 15.1 Å².